The summed E-state index contributed by atoms with van der Waals surface area (Å²) in [6, 6.07) is 5.61. The number of morpholine rings is 1. The Kier molecular flexibility index (Phi) is 5.10. The van der Waals surface area contributed by atoms with Crippen molar-refractivity contribution in [1.29, 1.82) is 0 Å². The van der Waals surface area contributed by atoms with Gasteiger partial charge in [0.2, 0.25) is 5.91 Å². The Morgan fingerprint density at radius 2 is 1.94 bits per heavy atom. The van der Waals surface area contributed by atoms with E-state index in [4.69, 9.17) is 4.74 Å². The molecule has 35 heavy (non-hydrogen) atoms. The number of nitrogens with zero attached hydrogens (tertiary/aromatic N) is 3. The molecule has 2 saturated carbocycles. The zero-order valence-corrected chi connectivity index (χ0v) is 20.2. The number of halogens is 2. The second kappa shape index (κ2) is 7.77. The molecule has 1 saturated heterocycles. The Bertz CT molecular complexity index is 1180. The highest BCUT2D eigenvalue weighted by Crippen LogP contribution is 2.69. The zero-order valence-electron chi connectivity index (χ0n) is 20.2. The van der Waals surface area contributed by atoms with Crippen molar-refractivity contribution in [1.82, 2.24) is 15.1 Å². The number of aliphatic hydroxyl groups excluding tert-OH is 1. The lowest BCUT2D eigenvalue weighted by atomic mass is 9.64. The lowest BCUT2D eigenvalue weighted by Gasteiger charge is -2.47. The minimum absolute atomic E-state index is 0.0546. The van der Waals surface area contributed by atoms with Crippen molar-refractivity contribution < 1.29 is 23.4 Å². The van der Waals surface area contributed by atoms with E-state index in [0.717, 1.165) is 36.9 Å². The number of benzene rings is 1. The standard InChI is InChI=1S/C27H31F2N3O3/c1-25(2)17-6-7-27(25,21-14-32(10-11-35-21)22(34)13-26(15-33)8-9-26)24-16(17)12-20(30-31-24)23-18(28)4-3-5-19(23)29/h3-5,12,17,21,33H,6-11,13-15H2,1-2H3/t17-,21-,27-/m0/s1. The third kappa shape index (κ3) is 3.22. The van der Waals surface area contributed by atoms with E-state index in [0.29, 0.717) is 26.1 Å². The molecule has 1 aromatic heterocycles. The van der Waals surface area contributed by atoms with E-state index in [1.54, 1.807) is 6.07 Å². The van der Waals surface area contributed by atoms with Crippen LogP contribution in [0.5, 0.6) is 0 Å². The van der Waals surface area contributed by atoms with Crippen molar-refractivity contribution in [2.75, 3.05) is 26.3 Å². The van der Waals surface area contributed by atoms with Crippen LogP contribution in [0.15, 0.2) is 24.3 Å². The molecule has 2 heterocycles. The van der Waals surface area contributed by atoms with Gasteiger partial charge in [0.25, 0.3) is 0 Å². The molecular formula is C27H31F2N3O3. The molecule has 6 nitrogen and oxygen atoms in total. The molecule has 8 heteroatoms. The monoisotopic (exact) mass is 483 g/mol. The number of aliphatic hydroxyl groups is 1. The van der Waals surface area contributed by atoms with Gasteiger partial charge in [0.05, 0.1) is 29.7 Å². The maximum absolute atomic E-state index is 14.5. The molecule has 186 valence electrons. The van der Waals surface area contributed by atoms with Crippen LogP contribution in [0, 0.1) is 22.5 Å². The van der Waals surface area contributed by atoms with E-state index in [-0.39, 0.29) is 46.6 Å². The molecule has 3 fully saturated rings. The Hall–Kier alpha value is -2.45. The lowest BCUT2D eigenvalue weighted by molar-refractivity contribution is -0.146. The lowest BCUT2D eigenvalue weighted by Crippen LogP contribution is -2.57. The van der Waals surface area contributed by atoms with Crippen molar-refractivity contribution in [3.05, 3.63) is 47.2 Å². The first-order valence-electron chi connectivity index (χ1n) is 12.6. The van der Waals surface area contributed by atoms with Crippen LogP contribution in [-0.2, 0) is 14.9 Å². The largest absolute Gasteiger partial charge is 0.396 e. The third-order valence-corrected chi connectivity index (χ3v) is 9.48. The highest BCUT2D eigenvalue weighted by Gasteiger charge is 2.67. The molecular weight excluding hydrogens is 452 g/mol. The second-order valence-corrected chi connectivity index (χ2v) is 11.4. The fourth-order valence-electron chi connectivity index (χ4n) is 7.12. The molecule has 1 aliphatic heterocycles. The van der Waals surface area contributed by atoms with Crippen LogP contribution >= 0.6 is 0 Å². The van der Waals surface area contributed by atoms with E-state index in [2.05, 4.69) is 24.0 Å². The average molecular weight is 484 g/mol. The van der Waals surface area contributed by atoms with Crippen molar-refractivity contribution in [3.63, 3.8) is 0 Å². The summed E-state index contributed by atoms with van der Waals surface area (Å²) in [6.07, 6.45) is 3.73. The van der Waals surface area contributed by atoms with Gasteiger partial charge in [0, 0.05) is 36.9 Å². The molecule has 2 bridgehead atoms. The van der Waals surface area contributed by atoms with Crippen LogP contribution in [0.4, 0.5) is 8.78 Å². The van der Waals surface area contributed by atoms with Crippen LogP contribution in [-0.4, -0.2) is 58.5 Å². The minimum atomic E-state index is -0.655. The summed E-state index contributed by atoms with van der Waals surface area (Å²) >= 11 is 0. The third-order valence-electron chi connectivity index (χ3n) is 9.48. The predicted octanol–water partition coefficient (Wildman–Crippen LogP) is 3.97. The SMILES string of the molecule is CC1(C)[C@H]2CC[C@]1([C@@H]1CN(C(=O)CC3(CO)CC3)CCO1)c1nnc(-c3c(F)cccc3F)cc12. The number of ether oxygens (including phenoxy) is 1. The van der Waals surface area contributed by atoms with Crippen molar-refractivity contribution in [2.45, 2.75) is 63.4 Å². The van der Waals surface area contributed by atoms with Gasteiger partial charge in [0.1, 0.15) is 11.6 Å². The van der Waals surface area contributed by atoms with Crippen molar-refractivity contribution in [2.24, 2.45) is 10.8 Å². The van der Waals surface area contributed by atoms with Gasteiger partial charge in [-0.15, -0.1) is 0 Å². The fourth-order valence-corrected chi connectivity index (χ4v) is 7.12. The summed E-state index contributed by atoms with van der Waals surface area (Å²) in [5.74, 6) is -1.07. The Morgan fingerprint density at radius 3 is 2.63 bits per heavy atom. The fraction of sp³-hybridized carbons (Fsp3) is 0.593. The topological polar surface area (TPSA) is 75.6 Å². The van der Waals surface area contributed by atoms with Crippen molar-refractivity contribution in [3.8, 4) is 11.3 Å². The van der Waals surface area contributed by atoms with E-state index >= 15 is 0 Å². The van der Waals surface area contributed by atoms with Gasteiger partial charge in [-0.3, -0.25) is 4.79 Å². The molecule has 4 aliphatic rings. The first-order chi connectivity index (χ1) is 16.7. The van der Waals surface area contributed by atoms with Gasteiger partial charge in [-0.2, -0.15) is 10.2 Å². The summed E-state index contributed by atoms with van der Waals surface area (Å²) in [4.78, 5) is 15.0. The highest BCUT2D eigenvalue weighted by atomic mass is 19.1. The molecule has 3 aliphatic carbocycles. The van der Waals surface area contributed by atoms with E-state index in [1.165, 1.54) is 18.2 Å². The number of rotatable bonds is 5. The van der Waals surface area contributed by atoms with Gasteiger partial charge in [-0.1, -0.05) is 19.9 Å². The number of fused-ring (bicyclic) bond motifs is 5. The van der Waals surface area contributed by atoms with Crippen LogP contribution in [0.25, 0.3) is 11.3 Å². The molecule has 3 atom stereocenters. The summed E-state index contributed by atoms with van der Waals surface area (Å²) in [5, 5.41) is 18.6. The number of hydrogen-bond acceptors (Lipinski definition) is 5. The quantitative estimate of drug-likeness (QED) is 0.697. The summed E-state index contributed by atoms with van der Waals surface area (Å²) in [6.45, 7) is 5.95. The summed E-state index contributed by atoms with van der Waals surface area (Å²) in [5.41, 5.74) is 1.00. The Labute approximate surface area is 203 Å². The normalized spacial score (nSPS) is 29.8. The Morgan fingerprint density at radius 1 is 1.20 bits per heavy atom. The van der Waals surface area contributed by atoms with Gasteiger partial charge in [-0.25, -0.2) is 8.78 Å². The smallest absolute Gasteiger partial charge is 0.223 e. The number of amides is 1. The molecule has 6 rings (SSSR count). The predicted molar refractivity (Wildman–Crippen MR) is 125 cm³/mol. The molecule has 0 unspecified atom stereocenters. The molecule has 2 aromatic rings. The second-order valence-electron chi connectivity index (χ2n) is 11.4. The first kappa shape index (κ1) is 23.0. The van der Waals surface area contributed by atoms with Crippen molar-refractivity contribution >= 4 is 5.91 Å². The van der Waals surface area contributed by atoms with Gasteiger partial charge < -0.3 is 14.7 Å². The van der Waals surface area contributed by atoms with Crippen LogP contribution in [0.1, 0.15) is 63.1 Å². The molecule has 0 spiro atoms. The number of hydrogen-bond donors (Lipinski definition) is 1. The first-order valence-corrected chi connectivity index (χ1v) is 12.6. The minimum Gasteiger partial charge on any atom is -0.396 e. The highest BCUT2D eigenvalue weighted by molar-refractivity contribution is 5.77. The summed E-state index contributed by atoms with van der Waals surface area (Å²) < 4.78 is 35.3. The van der Waals surface area contributed by atoms with E-state index in [9.17, 15) is 18.7 Å². The zero-order chi connectivity index (χ0) is 24.6. The number of carbonyl (C=O) groups excluding carboxylic acids is 1. The van der Waals surface area contributed by atoms with E-state index in [1.807, 2.05) is 4.90 Å². The molecule has 1 aromatic carbocycles. The van der Waals surface area contributed by atoms with Gasteiger partial charge in [0.15, 0.2) is 0 Å². The van der Waals surface area contributed by atoms with Crippen LogP contribution in [0.2, 0.25) is 0 Å². The maximum atomic E-state index is 14.5. The molecule has 1 amide bonds. The molecule has 0 radical (unpaired) electrons. The van der Waals surface area contributed by atoms with Gasteiger partial charge >= 0.3 is 0 Å². The number of aromatic nitrogens is 2. The van der Waals surface area contributed by atoms with Gasteiger partial charge in [-0.05, 0) is 60.8 Å². The summed E-state index contributed by atoms with van der Waals surface area (Å²) in [7, 11) is 0. The maximum Gasteiger partial charge on any atom is 0.223 e. The molecule has 1 N–H and O–H groups in total. The number of carbonyl (C=O) groups is 1. The van der Waals surface area contributed by atoms with Crippen LogP contribution in [0.3, 0.4) is 0 Å². The van der Waals surface area contributed by atoms with Crippen LogP contribution < -0.4 is 0 Å². The Balaban J connectivity index is 1.35. The average Bonchev–Trinajstić information content (AvgIpc) is 3.52. The van der Waals surface area contributed by atoms with E-state index < -0.39 is 17.0 Å².